The number of carbonyl (C=O) groups is 2. The number of rotatable bonds is 7. The number of amides is 2. The first-order chi connectivity index (χ1) is 13.2. The minimum absolute atomic E-state index is 0.106. The van der Waals surface area contributed by atoms with E-state index in [0.717, 1.165) is 5.56 Å². The van der Waals surface area contributed by atoms with Crippen LogP contribution in [0, 0.1) is 0 Å². The van der Waals surface area contributed by atoms with Gasteiger partial charge in [0, 0.05) is 29.3 Å². The highest BCUT2D eigenvalue weighted by atomic mass is 32.1. The average Bonchev–Trinajstić information content (AvgIpc) is 3.37. The van der Waals surface area contributed by atoms with Crippen molar-refractivity contribution in [2.45, 2.75) is 19.8 Å². The third-order valence-electron chi connectivity index (χ3n) is 3.56. The van der Waals surface area contributed by atoms with Crippen molar-refractivity contribution in [3.05, 3.63) is 52.5 Å². The van der Waals surface area contributed by atoms with Crippen LogP contribution in [0.2, 0.25) is 0 Å². The van der Waals surface area contributed by atoms with Gasteiger partial charge in [0.2, 0.25) is 17.6 Å². The molecule has 0 saturated heterocycles. The third-order valence-corrected chi connectivity index (χ3v) is 4.24. The molecule has 0 spiro atoms. The monoisotopic (exact) mass is 386 g/mol. The molecule has 2 heterocycles. The Bertz CT molecular complexity index is 890. The molecule has 0 unspecified atom stereocenters. The number of thiophene rings is 1. The number of carbonyl (C=O) groups excluding carboxylic acids is 2. The van der Waals surface area contributed by atoms with Crippen molar-refractivity contribution in [1.29, 1.82) is 0 Å². The van der Waals surface area contributed by atoms with Crippen LogP contribution in [0.15, 0.2) is 45.6 Å². The number of hydrazine groups is 1. The number of hydrogen-bond donors (Lipinski definition) is 2. The zero-order chi connectivity index (χ0) is 19.1. The molecule has 27 heavy (non-hydrogen) atoms. The van der Waals surface area contributed by atoms with Gasteiger partial charge in [-0.2, -0.15) is 16.3 Å². The highest BCUT2D eigenvalue weighted by Gasteiger charge is 2.12. The van der Waals surface area contributed by atoms with E-state index in [-0.39, 0.29) is 18.7 Å². The summed E-state index contributed by atoms with van der Waals surface area (Å²) in [4.78, 5) is 28.2. The summed E-state index contributed by atoms with van der Waals surface area (Å²) < 4.78 is 10.4. The minimum Gasteiger partial charge on any atom is -0.494 e. The van der Waals surface area contributed by atoms with Crippen molar-refractivity contribution in [2.75, 3.05) is 6.61 Å². The van der Waals surface area contributed by atoms with Crippen LogP contribution in [0.3, 0.4) is 0 Å². The Labute approximate surface area is 159 Å². The number of nitrogens with zero attached hydrogens (tertiary/aromatic N) is 2. The van der Waals surface area contributed by atoms with Crippen molar-refractivity contribution in [1.82, 2.24) is 21.0 Å². The zero-order valence-electron chi connectivity index (χ0n) is 14.6. The first kappa shape index (κ1) is 18.6. The van der Waals surface area contributed by atoms with Crippen LogP contribution in [0.4, 0.5) is 0 Å². The van der Waals surface area contributed by atoms with Crippen molar-refractivity contribution >= 4 is 23.2 Å². The van der Waals surface area contributed by atoms with E-state index in [9.17, 15) is 9.59 Å². The zero-order valence-corrected chi connectivity index (χ0v) is 15.4. The summed E-state index contributed by atoms with van der Waals surface area (Å²) in [7, 11) is 0. The van der Waals surface area contributed by atoms with Crippen LogP contribution in [0.1, 0.15) is 29.6 Å². The summed E-state index contributed by atoms with van der Waals surface area (Å²) in [5.74, 6) is 0.771. The predicted molar refractivity (Wildman–Crippen MR) is 99.2 cm³/mol. The molecule has 0 aliphatic heterocycles. The van der Waals surface area contributed by atoms with Crippen molar-refractivity contribution in [3.63, 3.8) is 0 Å². The Morgan fingerprint density at radius 2 is 2.00 bits per heavy atom. The lowest BCUT2D eigenvalue weighted by Crippen LogP contribution is -2.41. The number of aromatic nitrogens is 2. The van der Waals surface area contributed by atoms with Crippen LogP contribution in [0.25, 0.3) is 11.4 Å². The van der Waals surface area contributed by atoms with E-state index < -0.39 is 5.91 Å². The highest BCUT2D eigenvalue weighted by molar-refractivity contribution is 7.08. The summed E-state index contributed by atoms with van der Waals surface area (Å²) >= 11 is 1.54. The SMILES string of the molecule is CCOc1ccc(C(=O)NNC(=O)CCc2nc(-c3ccsc3)no2)cc1. The van der Waals surface area contributed by atoms with Crippen molar-refractivity contribution in [3.8, 4) is 17.1 Å². The Kier molecular flexibility index (Phi) is 6.16. The molecule has 9 heteroatoms. The van der Waals surface area contributed by atoms with Crippen LogP contribution in [-0.4, -0.2) is 28.6 Å². The molecule has 1 aromatic carbocycles. The van der Waals surface area contributed by atoms with E-state index >= 15 is 0 Å². The van der Waals surface area contributed by atoms with Gasteiger partial charge in [-0.25, -0.2) is 0 Å². The maximum absolute atomic E-state index is 12.0. The van der Waals surface area contributed by atoms with E-state index in [1.807, 2.05) is 23.8 Å². The summed E-state index contributed by atoms with van der Waals surface area (Å²) in [6.45, 7) is 2.43. The van der Waals surface area contributed by atoms with Crippen LogP contribution in [0.5, 0.6) is 5.75 Å². The van der Waals surface area contributed by atoms with Gasteiger partial charge in [0.25, 0.3) is 5.91 Å². The minimum atomic E-state index is -0.413. The quantitative estimate of drug-likeness (QED) is 0.605. The Hall–Kier alpha value is -3.20. The van der Waals surface area contributed by atoms with Gasteiger partial charge < -0.3 is 9.26 Å². The molecule has 8 nitrogen and oxygen atoms in total. The first-order valence-corrected chi connectivity index (χ1v) is 9.27. The standard InChI is InChI=1S/C18H18N4O4S/c1-2-25-14-5-3-12(4-6-14)18(24)21-20-15(23)7-8-16-19-17(22-26-16)13-9-10-27-11-13/h3-6,9-11H,2,7-8H2,1H3,(H,20,23)(H,21,24). The molecule has 3 aromatic rings. The second-order valence-corrected chi connectivity index (χ2v) is 6.26. The van der Waals surface area contributed by atoms with E-state index in [1.54, 1.807) is 24.3 Å². The van der Waals surface area contributed by atoms with Gasteiger partial charge in [0.05, 0.1) is 6.61 Å². The lowest BCUT2D eigenvalue weighted by Gasteiger charge is -2.07. The predicted octanol–water partition coefficient (Wildman–Crippen LogP) is 2.59. The molecule has 0 fully saturated rings. The topological polar surface area (TPSA) is 106 Å². The molecule has 0 atom stereocenters. The first-order valence-electron chi connectivity index (χ1n) is 8.33. The fraction of sp³-hybridized carbons (Fsp3) is 0.222. The molecule has 0 saturated carbocycles. The van der Waals surface area contributed by atoms with Crippen molar-refractivity contribution < 1.29 is 18.8 Å². The van der Waals surface area contributed by atoms with E-state index in [4.69, 9.17) is 9.26 Å². The normalized spacial score (nSPS) is 10.4. The van der Waals surface area contributed by atoms with Crippen LogP contribution < -0.4 is 15.6 Å². The van der Waals surface area contributed by atoms with E-state index in [2.05, 4.69) is 21.0 Å². The fourth-order valence-electron chi connectivity index (χ4n) is 2.22. The summed E-state index contributed by atoms with van der Waals surface area (Å²) in [5.41, 5.74) is 6.03. The average molecular weight is 386 g/mol. The molecule has 3 rings (SSSR count). The molecular weight excluding hydrogens is 368 g/mol. The highest BCUT2D eigenvalue weighted by Crippen LogP contribution is 2.19. The summed E-state index contributed by atoms with van der Waals surface area (Å²) in [6.07, 6.45) is 0.386. The summed E-state index contributed by atoms with van der Waals surface area (Å²) in [6, 6.07) is 8.53. The number of ether oxygens (including phenoxy) is 1. The van der Waals surface area contributed by atoms with Crippen LogP contribution >= 0.6 is 11.3 Å². The Balaban J connectivity index is 1.43. The van der Waals surface area contributed by atoms with Gasteiger partial charge in [-0.3, -0.25) is 20.4 Å². The van der Waals surface area contributed by atoms with Crippen molar-refractivity contribution in [2.24, 2.45) is 0 Å². The second-order valence-electron chi connectivity index (χ2n) is 5.48. The smallest absolute Gasteiger partial charge is 0.269 e. The maximum Gasteiger partial charge on any atom is 0.269 e. The van der Waals surface area contributed by atoms with E-state index in [0.29, 0.717) is 29.6 Å². The van der Waals surface area contributed by atoms with Gasteiger partial charge in [0.15, 0.2) is 0 Å². The molecule has 0 aliphatic carbocycles. The Morgan fingerprint density at radius 1 is 1.19 bits per heavy atom. The number of benzene rings is 1. The third kappa shape index (κ3) is 5.14. The maximum atomic E-state index is 12.0. The fourth-order valence-corrected chi connectivity index (χ4v) is 2.85. The Morgan fingerprint density at radius 3 is 2.70 bits per heavy atom. The summed E-state index contributed by atoms with van der Waals surface area (Å²) in [5, 5.41) is 7.72. The lowest BCUT2D eigenvalue weighted by molar-refractivity contribution is -0.121. The van der Waals surface area contributed by atoms with Gasteiger partial charge in [-0.15, -0.1) is 0 Å². The number of nitrogens with one attached hydrogen (secondary N) is 2. The molecule has 0 bridgehead atoms. The largest absolute Gasteiger partial charge is 0.494 e. The van der Waals surface area contributed by atoms with Gasteiger partial charge in [-0.05, 0) is 42.6 Å². The van der Waals surface area contributed by atoms with Gasteiger partial charge >= 0.3 is 0 Å². The molecule has 2 aromatic heterocycles. The molecule has 0 aliphatic rings. The van der Waals surface area contributed by atoms with Crippen LogP contribution in [-0.2, 0) is 11.2 Å². The molecule has 0 radical (unpaired) electrons. The molecule has 2 amide bonds. The number of aryl methyl sites for hydroxylation is 1. The molecular formula is C18H18N4O4S. The molecule has 140 valence electrons. The molecule has 2 N–H and O–H groups in total. The van der Waals surface area contributed by atoms with Gasteiger partial charge in [-0.1, -0.05) is 5.16 Å². The second kappa shape index (κ2) is 8.95. The lowest BCUT2D eigenvalue weighted by atomic mass is 10.2. The van der Waals surface area contributed by atoms with Gasteiger partial charge in [0.1, 0.15) is 5.75 Å². The van der Waals surface area contributed by atoms with E-state index in [1.165, 1.54) is 11.3 Å². The number of hydrogen-bond acceptors (Lipinski definition) is 7.